The molecular weight excluding hydrogens is 404 g/mol. The van der Waals surface area contributed by atoms with E-state index >= 15 is 0 Å². The number of cyclic esters (lactones) is 1. The summed E-state index contributed by atoms with van der Waals surface area (Å²) in [6.45, 7) is 0.521. The van der Waals surface area contributed by atoms with Crippen molar-refractivity contribution in [1.29, 1.82) is 0 Å². The number of hydrogen-bond acceptors (Lipinski definition) is 4. The minimum Gasteiger partial charge on any atom is -0.493 e. The van der Waals surface area contributed by atoms with Gasteiger partial charge in [-0.1, -0.05) is 78.9 Å². The Morgan fingerprint density at radius 1 is 0.871 bits per heavy atom. The molecule has 158 valence electrons. The SMILES string of the molecule is O=C1OC(CCOc2ccc(-c3ccccc3)cc2)CC=C1SCCc1ccccc1. The maximum Gasteiger partial charge on any atom is 0.344 e. The second-order valence-corrected chi connectivity index (χ2v) is 8.58. The van der Waals surface area contributed by atoms with Crippen molar-refractivity contribution in [3.05, 3.63) is 101 Å². The van der Waals surface area contributed by atoms with Crippen molar-refractivity contribution in [1.82, 2.24) is 0 Å². The third-order valence-corrected chi connectivity index (χ3v) is 6.25. The number of carbonyl (C=O) groups excluding carboxylic acids is 1. The molecule has 0 amide bonds. The Morgan fingerprint density at radius 2 is 1.55 bits per heavy atom. The molecule has 1 atom stereocenters. The summed E-state index contributed by atoms with van der Waals surface area (Å²) >= 11 is 1.58. The van der Waals surface area contributed by atoms with Crippen LogP contribution in [-0.4, -0.2) is 24.4 Å². The van der Waals surface area contributed by atoms with Crippen LogP contribution in [0.4, 0.5) is 0 Å². The molecule has 3 nitrogen and oxygen atoms in total. The highest BCUT2D eigenvalue weighted by molar-refractivity contribution is 8.03. The largest absolute Gasteiger partial charge is 0.493 e. The summed E-state index contributed by atoms with van der Waals surface area (Å²) in [5.41, 5.74) is 3.63. The zero-order chi connectivity index (χ0) is 21.3. The lowest BCUT2D eigenvalue weighted by atomic mass is 10.1. The smallest absolute Gasteiger partial charge is 0.344 e. The van der Waals surface area contributed by atoms with E-state index < -0.39 is 0 Å². The monoisotopic (exact) mass is 430 g/mol. The second-order valence-electron chi connectivity index (χ2n) is 7.44. The zero-order valence-corrected chi connectivity index (χ0v) is 18.2. The number of carbonyl (C=O) groups is 1. The van der Waals surface area contributed by atoms with Gasteiger partial charge in [0, 0.05) is 18.6 Å². The molecule has 31 heavy (non-hydrogen) atoms. The highest BCUT2D eigenvalue weighted by atomic mass is 32.2. The Labute approximate surface area is 188 Å². The Hall–Kier alpha value is -2.98. The van der Waals surface area contributed by atoms with Gasteiger partial charge in [-0.05, 0) is 35.2 Å². The zero-order valence-electron chi connectivity index (χ0n) is 17.4. The van der Waals surface area contributed by atoms with Crippen molar-refractivity contribution in [2.45, 2.75) is 25.4 Å². The first-order valence-corrected chi connectivity index (χ1v) is 11.6. The lowest BCUT2D eigenvalue weighted by Crippen LogP contribution is -2.24. The Bertz CT molecular complexity index is 998. The molecule has 0 radical (unpaired) electrons. The Morgan fingerprint density at radius 3 is 2.26 bits per heavy atom. The van der Waals surface area contributed by atoms with Crippen LogP contribution in [0.5, 0.6) is 5.75 Å². The number of esters is 1. The first kappa shape index (κ1) is 21.3. The van der Waals surface area contributed by atoms with Crippen molar-refractivity contribution in [2.75, 3.05) is 12.4 Å². The molecule has 1 unspecified atom stereocenters. The van der Waals surface area contributed by atoms with Gasteiger partial charge in [0.2, 0.25) is 0 Å². The van der Waals surface area contributed by atoms with Gasteiger partial charge in [0.15, 0.2) is 0 Å². The van der Waals surface area contributed by atoms with Crippen LogP contribution < -0.4 is 4.74 Å². The average molecular weight is 431 g/mol. The van der Waals surface area contributed by atoms with Gasteiger partial charge in [-0.15, -0.1) is 11.8 Å². The van der Waals surface area contributed by atoms with Gasteiger partial charge < -0.3 is 9.47 Å². The summed E-state index contributed by atoms with van der Waals surface area (Å²) in [6, 6.07) is 28.7. The third-order valence-electron chi connectivity index (χ3n) is 5.20. The van der Waals surface area contributed by atoms with Crippen molar-refractivity contribution in [2.24, 2.45) is 0 Å². The highest BCUT2D eigenvalue weighted by Gasteiger charge is 2.23. The van der Waals surface area contributed by atoms with E-state index in [4.69, 9.17) is 9.47 Å². The molecule has 0 bridgehead atoms. The number of ether oxygens (including phenoxy) is 2. The van der Waals surface area contributed by atoms with Crippen molar-refractivity contribution in [3.8, 4) is 16.9 Å². The first-order chi connectivity index (χ1) is 15.3. The van der Waals surface area contributed by atoms with Gasteiger partial charge in [0.25, 0.3) is 0 Å². The molecule has 1 heterocycles. The molecule has 0 N–H and O–H groups in total. The molecule has 0 saturated carbocycles. The molecule has 0 spiro atoms. The highest BCUT2D eigenvalue weighted by Crippen LogP contribution is 2.27. The van der Waals surface area contributed by atoms with Crippen LogP contribution in [0.3, 0.4) is 0 Å². The van der Waals surface area contributed by atoms with Crippen molar-refractivity contribution >= 4 is 17.7 Å². The predicted molar refractivity (Wildman–Crippen MR) is 127 cm³/mol. The summed E-state index contributed by atoms with van der Waals surface area (Å²) in [7, 11) is 0. The summed E-state index contributed by atoms with van der Waals surface area (Å²) in [6.07, 6.45) is 4.27. The van der Waals surface area contributed by atoms with E-state index in [1.54, 1.807) is 11.8 Å². The minimum absolute atomic E-state index is 0.116. The summed E-state index contributed by atoms with van der Waals surface area (Å²) < 4.78 is 11.5. The fourth-order valence-corrected chi connectivity index (χ4v) is 4.42. The van der Waals surface area contributed by atoms with Gasteiger partial charge in [0.05, 0.1) is 11.5 Å². The third kappa shape index (κ3) is 6.25. The van der Waals surface area contributed by atoms with Gasteiger partial charge in [-0.2, -0.15) is 0 Å². The van der Waals surface area contributed by atoms with Gasteiger partial charge in [0.1, 0.15) is 11.9 Å². The standard InChI is InChI=1S/C27H26O3S/c28-27-26(31-20-18-21-7-3-1-4-8-21)16-15-25(30-27)17-19-29-24-13-11-23(12-14-24)22-9-5-2-6-10-22/h1-14,16,25H,15,17-20H2. The maximum atomic E-state index is 12.3. The minimum atomic E-state index is -0.207. The molecule has 3 aromatic carbocycles. The quantitative estimate of drug-likeness (QED) is 0.373. The average Bonchev–Trinajstić information content (AvgIpc) is 2.82. The summed E-state index contributed by atoms with van der Waals surface area (Å²) in [5.74, 6) is 1.49. The van der Waals surface area contributed by atoms with Crippen molar-refractivity contribution < 1.29 is 14.3 Å². The lowest BCUT2D eigenvalue weighted by molar-refractivity contribution is -0.145. The van der Waals surface area contributed by atoms with E-state index in [1.165, 1.54) is 11.1 Å². The van der Waals surface area contributed by atoms with Crippen LogP contribution in [0, 0.1) is 0 Å². The topological polar surface area (TPSA) is 35.5 Å². The molecule has 1 aliphatic heterocycles. The predicted octanol–water partition coefficient (Wildman–Crippen LogP) is 6.30. The van der Waals surface area contributed by atoms with Gasteiger partial charge in [-0.25, -0.2) is 4.79 Å². The van der Waals surface area contributed by atoms with E-state index in [0.717, 1.165) is 34.8 Å². The number of rotatable bonds is 9. The number of hydrogen-bond donors (Lipinski definition) is 0. The number of benzene rings is 3. The van der Waals surface area contributed by atoms with Crippen molar-refractivity contribution in [3.63, 3.8) is 0 Å². The molecule has 4 rings (SSSR count). The lowest BCUT2D eigenvalue weighted by Gasteiger charge is -2.22. The molecule has 0 aliphatic carbocycles. The summed E-state index contributed by atoms with van der Waals surface area (Å²) in [5, 5.41) is 0. The van der Waals surface area contributed by atoms with E-state index in [0.29, 0.717) is 13.0 Å². The van der Waals surface area contributed by atoms with Gasteiger partial charge in [-0.3, -0.25) is 0 Å². The molecule has 3 aromatic rings. The van der Waals surface area contributed by atoms with Crippen LogP contribution in [0.15, 0.2) is 95.9 Å². The van der Waals surface area contributed by atoms with Crippen LogP contribution >= 0.6 is 11.8 Å². The van der Waals surface area contributed by atoms with E-state index in [1.807, 2.05) is 54.6 Å². The van der Waals surface area contributed by atoms with Crippen LogP contribution in [0.2, 0.25) is 0 Å². The normalized spacial score (nSPS) is 15.8. The fourth-order valence-electron chi connectivity index (χ4n) is 3.48. The van der Waals surface area contributed by atoms with E-state index in [2.05, 4.69) is 36.4 Å². The Kier molecular flexibility index (Phi) is 7.46. The Balaban J connectivity index is 1.19. The van der Waals surface area contributed by atoms with Crippen LogP contribution in [-0.2, 0) is 16.0 Å². The molecule has 0 fully saturated rings. The fraction of sp³-hybridized carbons (Fsp3) is 0.222. The molecule has 4 heteroatoms. The molecule has 0 saturated heterocycles. The molecule has 0 aromatic heterocycles. The number of aryl methyl sites for hydroxylation is 1. The summed E-state index contributed by atoms with van der Waals surface area (Å²) in [4.78, 5) is 13.0. The first-order valence-electron chi connectivity index (χ1n) is 10.6. The second kappa shape index (κ2) is 10.9. The van der Waals surface area contributed by atoms with Crippen LogP contribution in [0.1, 0.15) is 18.4 Å². The number of thioether (sulfide) groups is 1. The van der Waals surface area contributed by atoms with E-state index in [-0.39, 0.29) is 12.1 Å². The van der Waals surface area contributed by atoms with Crippen LogP contribution in [0.25, 0.3) is 11.1 Å². The molecule has 1 aliphatic rings. The van der Waals surface area contributed by atoms with E-state index in [9.17, 15) is 4.79 Å². The van der Waals surface area contributed by atoms with Gasteiger partial charge >= 0.3 is 5.97 Å². The maximum absolute atomic E-state index is 12.3. The molecular formula is C27H26O3S.